The average molecular weight is 303 g/mol. The van der Waals surface area contributed by atoms with Gasteiger partial charge in [-0.2, -0.15) is 0 Å². The summed E-state index contributed by atoms with van der Waals surface area (Å²) in [6.07, 6.45) is 0. The van der Waals surface area contributed by atoms with Crippen LogP contribution in [-0.4, -0.2) is 43.0 Å². The molecule has 0 aliphatic rings. The van der Waals surface area contributed by atoms with Crippen molar-refractivity contribution in [2.75, 3.05) is 37.8 Å². The van der Waals surface area contributed by atoms with E-state index in [1.165, 1.54) is 0 Å². The molecule has 0 radical (unpaired) electrons. The zero-order chi connectivity index (χ0) is 12.7. The van der Waals surface area contributed by atoms with Crippen LogP contribution in [-0.2, 0) is 4.74 Å². The van der Waals surface area contributed by atoms with E-state index in [-0.39, 0.29) is 6.61 Å². The van der Waals surface area contributed by atoms with E-state index in [4.69, 9.17) is 9.84 Å². The maximum absolute atomic E-state index is 8.62. The van der Waals surface area contributed by atoms with E-state index in [9.17, 15) is 0 Å². The molecule has 0 fully saturated rings. The van der Waals surface area contributed by atoms with Crippen molar-refractivity contribution in [1.29, 1.82) is 0 Å². The lowest BCUT2D eigenvalue weighted by molar-refractivity contribution is 0.0967. The number of nitrogens with zero attached hydrogens (tertiary/aromatic N) is 2. The molecule has 0 unspecified atom stereocenters. The molecule has 1 aromatic rings. The Morgan fingerprint density at radius 1 is 1.41 bits per heavy atom. The largest absolute Gasteiger partial charge is 0.394 e. The lowest BCUT2D eigenvalue weighted by Gasteiger charge is -2.22. The highest BCUT2D eigenvalue weighted by atomic mass is 79.9. The van der Waals surface area contributed by atoms with Crippen LogP contribution in [0.2, 0.25) is 0 Å². The molecular weight excluding hydrogens is 284 g/mol. The lowest BCUT2D eigenvalue weighted by Crippen LogP contribution is -2.28. The molecule has 1 aromatic heterocycles. The highest BCUT2D eigenvalue weighted by molar-refractivity contribution is 9.10. The van der Waals surface area contributed by atoms with E-state index < -0.39 is 0 Å². The summed E-state index contributed by atoms with van der Waals surface area (Å²) < 4.78 is 6.28. The Bertz CT molecular complexity index is 347. The number of hydrogen-bond acceptors (Lipinski definition) is 4. The van der Waals surface area contributed by atoms with Crippen LogP contribution >= 0.6 is 15.9 Å². The van der Waals surface area contributed by atoms with Gasteiger partial charge in [0.05, 0.1) is 25.5 Å². The fraction of sp³-hybridized carbons (Fsp3) is 0.583. The number of ether oxygens (including phenoxy) is 1. The van der Waals surface area contributed by atoms with Gasteiger partial charge in [-0.3, -0.25) is 0 Å². The standard InChI is InChI=1S/C12H19BrN2O2/c1-3-15(6-8-17-9-7-16)12-5-4-11(13)10(2)14-12/h4-5,16H,3,6-9H2,1-2H3. The van der Waals surface area contributed by atoms with Gasteiger partial charge in [0.25, 0.3) is 0 Å². The van der Waals surface area contributed by atoms with Crippen molar-refractivity contribution in [3.63, 3.8) is 0 Å². The van der Waals surface area contributed by atoms with Gasteiger partial charge in [0, 0.05) is 17.6 Å². The van der Waals surface area contributed by atoms with Crippen molar-refractivity contribution in [2.24, 2.45) is 0 Å². The van der Waals surface area contributed by atoms with Crippen molar-refractivity contribution < 1.29 is 9.84 Å². The maximum atomic E-state index is 8.62. The molecule has 0 saturated heterocycles. The van der Waals surface area contributed by atoms with Gasteiger partial charge >= 0.3 is 0 Å². The number of anilines is 1. The summed E-state index contributed by atoms with van der Waals surface area (Å²) in [5.74, 6) is 0.959. The van der Waals surface area contributed by atoms with Crippen LogP contribution in [0.15, 0.2) is 16.6 Å². The third-order valence-corrected chi connectivity index (χ3v) is 3.29. The molecule has 1 N–H and O–H groups in total. The first-order valence-corrected chi connectivity index (χ1v) is 6.55. The van der Waals surface area contributed by atoms with Crippen LogP contribution in [0.5, 0.6) is 0 Å². The number of aryl methyl sites for hydroxylation is 1. The predicted molar refractivity (Wildman–Crippen MR) is 72.5 cm³/mol. The van der Waals surface area contributed by atoms with E-state index in [2.05, 4.69) is 32.7 Å². The van der Waals surface area contributed by atoms with E-state index in [0.717, 1.165) is 29.1 Å². The Balaban J connectivity index is 2.56. The fourth-order valence-corrected chi connectivity index (χ4v) is 1.70. The zero-order valence-corrected chi connectivity index (χ0v) is 11.9. The van der Waals surface area contributed by atoms with E-state index in [1.54, 1.807) is 0 Å². The highest BCUT2D eigenvalue weighted by Gasteiger charge is 2.07. The molecule has 4 nitrogen and oxygen atoms in total. The zero-order valence-electron chi connectivity index (χ0n) is 10.3. The molecule has 0 amide bonds. The molecule has 5 heteroatoms. The van der Waals surface area contributed by atoms with Crippen molar-refractivity contribution in [3.8, 4) is 0 Å². The number of rotatable bonds is 7. The second-order valence-corrected chi connectivity index (χ2v) is 4.51. The van der Waals surface area contributed by atoms with Crippen molar-refractivity contribution in [3.05, 3.63) is 22.3 Å². The topological polar surface area (TPSA) is 45.6 Å². The molecule has 0 spiro atoms. The number of pyridine rings is 1. The first kappa shape index (κ1) is 14.4. The summed E-state index contributed by atoms with van der Waals surface area (Å²) >= 11 is 3.44. The number of hydrogen-bond donors (Lipinski definition) is 1. The van der Waals surface area contributed by atoms with Gasteiger partial charge in [0.2, 0.25) is 0 Å². The summed E-state index contributed by atoms with van der Waals surface area (Å²) in [5, 5.41) is 8.62. The lowest BCUT2D eigenvalue weighted by atomic mass is 10.3. The van der Waals surface area contributed by atoms with Gasteiger partial charge in [-0.25, -0.2) is 4.98 Å². The Morgan fingerprint density at radius 3 is 2.76 bits per heavy atom. The molecule has 0 bridgehead atoms. The summed E-state index contributed by atoms with van der Waals surface area (Å²) in [7, 11) is 0. The van der Waals surface area contributed by atoms with Gasteiger partial charge in [0.1, 0.15) is 5.82 Å². The minimum absolute atomic E-state index is 0.0712. The number of aliphatic hydroxyl groups excluding tert-OH is 1. The number of likely N-dealkylation sites (N-methyl/N-ethyl adjacent to an activating group) is 1. The average Bonchev–Trinajstić information content (AvgIpc) is 2.33. The normalized spacial score (nSPS) is 10.6. The second-order valence-electron chi connectivity index (χ2n) is 3.65. The van der Waals surface area contributed by atoms with Crippen LogP contribution in [0.25, 0.3) is 0 Å². The minimum atomic E-state index is 0.0712. The highest BCUT2D eigenvalue weighted by Crippen LogP contribution is 2.18. The predicted octanol–water partition coefficient (Wildman–Crippen LogP) is 1.99. The summed E-state index contributed by atoms with van der Waals surface area (Å²) in [5.41, 5.74) is 0.984. The molecule has 0 aliphatic carbocycles. The number of aromatic nitrogens is 1. The third-order valence-electron chi connectivity index (χ3n) is 2.45. The fourth-order valence-electron chi connectivity index (χ4n) is 1.48. The quantitative estimate of drug-likeness (QED) is 0.783. The van der Waals surface area contributed by atoms with Gasteiger partial charge in [-0.05, 0) is 41.9 Å². The smallest absolute Gasteiger partial charge is 0.128 e. The van der Waals surface area contributed by atoms with Crippen LogP contribution in [0.1, 0.15) is 12.6 Å². The van der Waals surface area contributed by atoms with Gasteiger partial charge < -0.3 is 14.7 Å². The van der Waals surface area contributed by atoms with Crippen molar-refractivity contribution >= 4 is 21.7 Å². The molecule has 0 saturated carbocycles. The Labute approximate surface area is 111 Å². The molecular formula is C12H19BrN2O2. The maximum Gasteiger partial charge on any atom is 0.128 e. The molecule has 1 rings (SSSR count). The second kappa shape index (κ2) is 7.63. The first-order valence-electron chi connectivity index (χ1n) is 5.75. The van der Waals surface area contributed by atoms with Crippen molar-refractivity contribution in [1.82, 2.24) is 4.98 Å². The molecule has 96 valence electrons. The van der Waals surface area contributed by atoms with E-state index in [1.807, 2.05) is 19.1 Å². The van der Waals surface area contributed by atoms with Crippen LogP contribution in [0.4, 0.5) is 5.82 Å². The molecule has 1 heterocycles. The van der Waals surface area contributed by atoms with E-state index >= 15 is 0 Å². The van der Waals surface area contributed by atoms with Crippen LogP contribution in [0.3, 0.4) is 0 Å². The van der Waals surface area contributed by atoms with E-state index in [0.29, 0.717) is 13.2 Å². The molecule has 0 aromatic carbocycles. The Kier molecular flexibility index (Phi) is 6.47. The molecule has 0 atom stereocenters. The van der Waals surface area contributed by atoms with Crippen molar-refractivity contribution in [2.45, 2.75) is 13.8 Å². The third kappa shape index (κ3) is 4.61. The van der Waals surface area contributed by atoms with Gasteiger partial charge in [-0.15, -0.1) is 0 Å². The first-order chi connectivity index (χ1) is 8.19. The van der Waals surface area contributed by atoms with Gasteiger partial charge in [-0.1, -0.05) is 0 Å². The number of aliphatic hydroxyl groups is 1. The summed E-state index contributed by atoms with van der Waals surface area (Å²) in [4.78, 5) is 6.67. The SMILES string of the molecule is CCN(CCOCCO)c1ccc(Br)c(C)n1. The Morgan fingerprint density at radius 2 is 2.18 bits per heavy atom. The molecule has 17 heavy (non-hydrogen) atoms. The van der Waals surface area contributed by atoms with Crippen LogP contribution in [0, 0.1) is 6.92 Å². The molecule has 0 aliphatic heterocycles. The van der Waals surface area contributed by atoms with Crippen LogP contribution < -0.4 is 4.90 Å². The summed E-state index contributed by atoms with van der Waals surface area (Å²) in [6, 6.07) is 4.00. The monoisotopic (exact) mass is 302 g/mol. The Hall–Kier alpha value is -0.650. The minimum Gasteiger partial charge on any atom is -0.394 e. The summed E-state index contributed by atoms with van der Waals surface area (Å²) in [6.45, 7) is 6.80. The van der Waals surface area contributed by atoms with Gasteiger partial charge in [0.15, 0.2) is 0 Å². The number of halogens is 1.